The molecule has 1 heterocycles. The van der Waals surface area contributed by atoms with Gasteiger partial charge in [0.2, 0.25) is 5.91 Å². The predicted molar refractivity (Wildman–Crippen MR) is 79.3 cm³/mol. The molecule has 0 radical (unpaired) electrons. The summed E-state index contributed by atoms with van der Waals surface area (Å²) in [5, 5.41) is 10.1. The minimum Gasteiger partial charge on any atom is -0.481 e. The molecule has 0 fully saturated rings. The highest BCUT2D eigenvalue weighted by Crippen LogP contribution is 2.37. The molecule has 1 aromatic carbocycles. The number of benzene rings is 1. The second-order valence-electron chi connectivity index (χ2n) is 4.86. The van der Waals surface area contributed by atoms with Gasteiger partial charge in [0.15, 0.2) is 9.84 Å². The van der Waals surface area contributed by atoms with E-state index in [1.807, 2.05) is 0 Å². The van der Waals surface area contributed by atoms with E-state index in [9.17, 15) is 18.0 Å². The number of sulfone groups is 1. The van der Waals surface area contributed by atoms with Gasteiger partial charge in [-0.05, 0) is 32.0 Å². The van der Waals surface area contributed by atoms with Gasteiger partial charge in [0.25, 0.3) is 0 Å². The molecule has 1 aliphatic heterocycles. The van der Waals surface area contributed by atoms with Crippen LogP contribution in [-0.4, -0.2) is 35.9 Å². The van der Waals surface area contributed by atoms with E-state index in [-0.39, 0.29) is 16.1 Å². The van der Waals surface area contributed by atoms with Gasteiger partial charge in [-0.15, -0.1) is 11.8 Å². The molecule has 114 valence electrons. The summed E-state index contributed by atoms with van der Waals surface area (Å²) in [6, 6.07) is 4.47. The zero-order valence-corrected chi connectivity index (χ0v) is 13.1. The van der Waals surface area contributed by atoms with Crippen molar-refractivity contribution in [3.05, 3.63) is 18.2 Å². The number of anilines is 1. The average Bonchev–Trinajstić information content (AvgIpc) is 2.38. The SMILES string of the molecule is C[C@@H]1Sc2ccc(S(=O)(=O)[C@@H](C)CC(=O)O)cc2NC1=O. The highest BCUT2D eigenvalue weighted by atomic mass is 32.2. The Morgan fingerprint density at radius 3 is 2.76 bits per heavy atom. The molecular formula is C13H15NO5S2. The largest absolute Gasteiger partial charge is 0.481 e. The quantitative estimate of drug-likeness (QED) is 0.873. The summed E-state index contributed by atoms with van der Waals surface area (Å²) in [6.45, 7) is 3.13. The number of fused-ring (bicyclic) bond motifs is 1. The molecule has 1 amide bonds. The fourth-order valence-corrected chi connectivity index (χ4v) is 4.25. The van der Waals surface area contributed by atoms with Crippen molar-refractivity contribution >= 4 is 39.2 Å². The summed E-state index contributed by atoms with van der Waals surface area (Å²) in [4.78, 5) is 23.1. The van der Waals surface area contributed by atoms with Crippen molar-refractivity contribution in [2.24, 2.45) is 0 Å². The molecule has 0 unspecified atom stereocenters. The Labute approximate surface area is 126 Å². The smallest absolute Gasteiger partial charge is 0.304 e. The Balaban J connectivity index is 2.36. The van der Waals surface area contributed by atoms with E-state index in [0.29, 0.717) is 5.69 Å². The van der Waals surface area contributed by atoms with Crippen LogP contribution in [0.25, 0.3) is 0 Å². The number of hydrogen-bond donors (Lipinski definition) is 2. The predicted octanol–water partition coefficient (Wildman–Crippen LogP) is 1.76. The molecule has 0 saturated carbocycles. The zero-order chi connectivity index (χ0) is 15.8. The fraction of sp³-hybridized carbons (Fsp3) is 0.385. The van der Waals surface area contributed by atoms with Gasteiger partial charge in [-0.2, -0.15) is 0 Å². The first kappa shape index (κ1) is 15.8. The number of carboxylic acid groups (broad SMARTS) is 1. The van der Waals surface area contributed by atoms with E-state index in [4.69, 9.17) is 5.11 Å². The molecule has 0 saturated heterocycles. The Bertz CT molecular complexity index is 699. The van der Waals surface area contributed by atoms with Gasteiger partial charge in [-0.3, -0.25) is 9.59 Å². The van der Waals surface area contributed by atoms with Gasteiger partial charge in [0.05, 0.1) is 27.5 Å². The van der Waals surface area contributed by atoms with E-state index in [0.717, 1.165) is 4.90 Å². The number of carbonyl (C=O) groups excluding carboxylic acids is 1. The zero-order valence-electron chi connectivity index (χ0n) is 11.5. The molecule has 0 spiro atoms. The summed E-state index contributed by atoms with van der Waals surface area (Å²) in [6.07, 6.45) is -0.461. The Kier molecular flexibility index (Phi) is 4.29. The fourth-order valence-electron chi connectivity index (χ4n) is 1.95. The summed E-state index contributed by atoms with van der Waals surface area (Å²) < 4.78 is 24.6. The van der Waals surface area contributed by atoms with E-state index in [2.05, 4.69) is 5.32 Å². The number of thioether (sulfide) groups is 1. The second kappa shape index (κ2) is 5.69. The van der Waals surface area contributed by atoms with Crippen molar-refractivity contribution in [2.75, 3.05) is 5.32 Å². The van der Waals surface area contributed by atoms with Crippen molar-refractivity contribution < 1.29 is 23.1 Å². The lowest BCUT2D eigenvalue weighted by Crippen LogP contribution is -2.27. The van der Waals surface area contributed by atoms with E-state index >= 15 is 0 Å². The van der Waals surface area contributed by atoms with Crippen molar-refractivity contribution in [1.29, 1.82) is 0 Å². The molecule has 1 aliphatic rings. The third-order valence-corrected chi connectivity index (χ3v) is 6.52. The summed E-state index contributed by atoms with van der Waals surface area (Å²) in [5.41, 5.74) is 0.451. The number of nitrogens with one attached hydrogen (secondary N) is 1. The first-order valence-corrected chi connectivity index (χ1v) is 8.71. The number of rotatable bonds is 4. The van der Waals surface area contributed by atoms with Gasteiger partial charge >= 0.3 is 5.97 Å². The number of amides is 1. The molecule has 0 aliphatic carbocycles. The lowest BCUT2D eigenvalue weighted by atomic mass is 10.3. The Morgan fingerprint density at radius 2 is 2.14 bits per heavy atom. The van der Waals surface area contributed by atoms with Gasteiger partial charge in [-0.25, -0.2) is 8.42 Å². The maximum Gasteiger partial charge on any atom is 0.304 e. The van der Waals surface area contributed by atoms with Crippen LogP contribution in [0.15, 0.2) is 28.0 Å². The summed E-state index contributed by atoms with van der Waals surface area (Å²) >= 11 is 1.36. The van der Waals surface area contributed by atoms with Gasteiger partial charge < -0.3 is 10.4 Å². The van der Waals surface area contributed by atoms with Crippen LogP contribution in [0.4, 0.5) is 5.69 Å². The molecule has 8 heteroatoms. The van der Waals surface area contributed by atoms with Crippen molar-refractivity contribution in [3.63, 3.8) is 0 Å². The van der Waals surface area contributed by atoms with Crippen LogP contribution < -0.4 is 5.32 Å². The Hall–Kier alpha value is -1.54. The van der Waals surface area contributed by atoms with Gasteiger partial charge in [-0.1, -0.05) is 0 Å². The van der Waals surface area contributed by atoms with Crippen LogP contribution in [0.1, 0.15) is 20.3 Å². The molecule has 0 aromatic heterocycles. The average molecular weight is 329 g/mol. The second-order valence-corrected chi connectivity index (χ2v) is 8.61. The minimum absolute atomic E-state index is 0.0189. The lowest BCUT2D eigenvalue weighted by molar-refractivity contribution is -0.136. The van der Waals surface area contributed by atoms with Crippen LogP contribution in [0.2, 0.25) is 0 Å². The number of hydrogen-bond acceptors (Lipinski definition) is 5. The lowest BCUT2D eigenvalue weighted by Gasteiger charge is -2.22. The normalized spacial score (nSPS) is 19.5. The number of aliphatic carboxylic acids is 1. The first-order chi connectivity index (χ1) is 9.71. The minimum atomic E-state index is -3.74. The maximum absolute atomic E-state index is 12.3. The van der Waals surface area contributed by atoms with Gasteiger partial charge in [0, 0.05) is 4.90 Å². The van der Waals surface area contributed by atoms with Gasteiger partial charge in [0.1, 0.15) is 0 Å². The van der Waals surface area contributed by atoms with Crippen LogP contribution in [-0.2, 0) is 19.4 Å². The van der Waals surface area contributed by atoms with Crippen molar-refractivity contribution in [2.45, 2.75) is 40.6 Å². The molecule has 1 aromatic rings. The highest BCUT2D eigenvalue weighted by Gasteiger charge is 2.28. The molecule has 6 nitrogen and oxygen atoms in total. The summed E-state index contributed by atoms with van der Waals surface area (Å²) in [7, 11) is -3.74. The highest BCUT2D eigenvalue weighted by molar-refractivity contribution is 8.01. The molecule has 2 rings (SSSR count). The topological polar surface area (TPSA) is 101 Å². The van der Waals surface area contributed by atoms with E-state index in [1.165, 1.54) is 30.8 Å². The molecule has 21 heavy (non-hydrogen) atoms. The molecular weight excluding hydrogens is 314 g/mol. The van der Waals surface area contributed by atoms with E-state index < -0.39 is 27.5 Å². The third kappa shape index (κ3) is 3.21. The third-order valence-electron chi connectivity index (χ3n) is 3.20. The number of carbonyl (C=O) groups is 2. The van der Waals surface area contributed by atoms with Crippen LogP contribution >= 0.6 is 11.8 Å². The van der Waals surface area contributed by atoms with Crippen molar-refractivity contribution in [3.8, 4) is 0 Å². The van der Waals surface area contributed by atoms with Crippen LogP contribution in [0.3, 0.4) is 0 Å². The monoisotopic (exact) mass is 329 g/mol. The number of carboxylic acids is 1. The Morgan fingerprint density at radius 1 is 1.48 bits per heavy atom. The van der Waals surface area contributed by atoms with Crippen molar-refractivity contribution in [1.82, 2.24) is 0 Å². The molecule has 0 bridgehead atoms. The summed E-state index contributed by atoms with van der Waals surface area (Å²) in [5.74, 6) is -1.35. The van der Waals surface area contributed by atoms with Crippen LogP contribution in [0.5, 0.6) is 0 Å². The molecule has 2 atom stereocenters. The van der Waals surface area contributed by atoms with E-state index in [1.54, 1.807) is 13.0 Å². The maximum atomic E-state index is 12.3. The standard InChI is InChI=1S/C13H15NO5S2/c1-7(5-12(15)16)21(18,19)9-3-4-11-10(6-9)14-13(17)8(2)20-11/h3-4,6-8H,5H2,1-2H3,(H,14,17)(H,15,16)/t7-,8-/m0/s1. The first-order valence-electron chi connectivity index (χ1n) is 6.29. The molecule has 2 N–H and O–H groups in total. The van der Waals surface area contributed by atoms with Crippen LogP contribution in [0, 0.1) is 0 Å².